The van der Waals surface area contributed by atoms with Crippen molar-refractivity contribution in [2.75, 3.05) is 18.9 Å². The maximum atomic E-state index is 11.1. The summed E-state index contributed by atoms with van der Waals surface area (Å²) in [5.74, 6) is 0. The van der Waals surface area contributed by atoms with Crippen LogP contribution in [0.4, 0.5) is 11.4 Å². The Morgan fingerprint density at radius 2 is 2.23 bits per heavy atom. The Bertz CT molecular complexity index is 535. The zero-order chi connectivity index (χ0) is 16.2. The highest BCUT2D eigenvalue weighted by Crippen LogP contribution is 2.35. The van der Waals surface area contributed by atoms with Crippen molar-refractivity contribution in [3.8, 4) is 0 Å². The number of hydrogen-bond donors (Lipinski definition) is 3. The lowest BCUT2D eigenvalue weighted by Gasteiger charge is -2.38. The Morgan fingerprint density at radius 1 is 1.45 bits per heavy atom. The molecule has 0 bridgehead atoms. The summed E-state index contributed by atoms with van der Waals surface area (Å²) in [6.45, 7) is 3.39. The number of hydrogen-bond acceptors (Lipinski definition) is 5. The molecule has 1 fully saturated rings. The number of nitro groups is 1. The highest BCUT2D eigenvalue weighted by Gasteiger charge is 2.34. The van der Waals surface area contributed by atoms with Gasteiger partial charge in [-0.3, -0.25) is 10.1 Å². The minimum atomic E-state index is -0.373. The van der Waals surface area contributed by atoms with Crippen molar-refractivity contribution in [1.29, 1.82) is 0 Å². The summed E-state index contributed by atoms with van der Waals surface area (Å²) in [7, 11) is 1.67. The number of rotatable bonds is 6. The number of aliphatic hydroxyl groups excluding tert-OH is 1. The van der Waals surface area contributed by atoms with Gasteiger partial charge >= 0.3 is 0 Å². The van der Waals surface area contributed by atoms with Gasteiger partial charge in [-0.25, -0.2) is 0 Å². The van der Waals surface area contributed by atoms with E-state index in [0.717, 1.165) is 37.8 Å². The second-order valence-electron chi connectivity index (χ2n) is 6.38. The van der Waals surface area contributed by atoms with Gasteiger partial charge in [0.25, 0.3) is 5.69 Å². The Balaban J connectivity index is 1.97. The SMILES string of the molecule is CNc1ccc(CNCC2(C)CCCCC2O)cc1[N+](=O)[O-]. The van der Waals surface area contributed by atoms with E-state index in [-0.39, 0.29) is 22.1 Å². The number of nitro benzene ring substituents is 1. The molecule has 1 aliphatic carbocycles. The summed E-state index contributed by atoms with van der Waals surface area (Å²) in [5.41, 5.74) is 1.38. The third-order valence-electron chi connectivity index (χ3n) is 4.67. The van der Waals surface area contributed by atoms with Crippen LogP contribution in [0.5, 0.6) is 0 Å². The van der Waals surface area contributed by atoms with Crippen molar-refractivity contribution >= 4 is 11.4 Å². The molecule has 0 aromatic heterocycles. The lowest BCUT2D eigenvalue weighted by atomic mass is 9.73. The quantitative estimate of drug-likeness (QED) is 0.555. The molecule has 1 aliphatic rings. The molecule has 122 valence electrons. The van der Waals surface area contributed by atoms with Crippen molar-refractivity contribution < 1.29 is 10.0 Å². The molecule has 6 heteroatoms. The summed E-state index contributed by atoms with van der Waals surface area (Å²) in [6, 6.07) is 5.20. The molecule has 0 heterocycles. The van der Waals surface area contributed by atoms with Crippen LogP contribution in [-0.2, 0) is 6.54 Å². The Labute approximate surface area is 131 Å². The first-order valence-corrected chi connectivity index (χ1v) is 7.80. The molecule has 22 heavy (non-hydrogen) atoms. The number of aliphatic hydroxyl groups is 1. The molecule has 1 saturated carbocycles. The molecule has 0 amide bonds. The second kappa shape index (κ2) is 7.07. The van der Waals surface area contributed by atoms with E-state index in [9.17, 15) is 15.2 Å². The number of anilines is 1. The van der Waals surface area contributed by atoms with Gasteiger partial charge in [0, 0.05) is 31.6 Å². The van der Waals surface area contributed by atoms with E-state index in [1.807, 2.05) is 6.07 Å². The van der Waals surface area contributed by atoms with Gasteiger partial charge in [0.05, 0.1) is 11.0 Å². The van der Waals surface area contributed by atoms with E-state index in [2.05, 4.69) is 17.6 Å². The Kier molecular flexibility index (Phi) is 5.37. The van der Waals surface area contributed by atoms with Crippen molar-refractivity contribution in [3.05, 3.63) is 33.9 Å². The Morgan fingerprint density at radius 3 is 2.86 bits per heavy atom. The van der Waals surface area contributed by atoms with Crippen LogP contribution in [0.2, 0.25) is 0 Å². The van der Waals surface area contributed by atoms with Crippen LogP contribution in [0, 0.1) is 15.5 Å². The lowest BCUT2D eigenvalue weighted by molar-refractivity contribution is -0.384. The van der Waals surface area contributed by atoms with E-state index in [0.29, 0.717) is 12.2 Å². The first-order valence-electron chi connectivity index (χ1n) is 7.80. The zero-order valence-electron chi connectivity index (χ0n) is 13.3. The van der Waals surface area contributed by atoms with Gasteiger partial charge in [0.1, 0.15) is 5.69 Å². The standard InChI is InChI=1S/C16H25N3O3/c1-16(8-4-3-5-15(16)20)11-18-10-12-6-7-13(17-2)14(9-12)19(21)22/h6-7,9,15,17-18,20H,3-5,8,10-11H2,1-2H3. The van der Waals surface area contributed by atoms with Gasteiger partial charge in [-0.2, -0.15) is 0 Å². The fourth-order valence-electron chi connectivity index (χ4n) is 3.13. The van der Waals surface area contributed by atoms with E-state index in [4.69, 9.17) is 0 Å². The van der Waals surface area contributed by atoms with Crippen molar-refractivity contribution in [2.24, 2.45) is 5.41 Å². The van der Waals surface area contributed by atoms with Crippen LogP contribution >= 0.6 is 0 Å². The summed E-state index contributed by atoms with van der Waals surface area (Å²) in [4.78, 5) is 10.7. The lowest BCUT2D eigenvalue weighted by Crippen LogP contribution is -2.43. The predicted octanol–water partition coefficient (Wildman–Crippen LogP) is 2.67. The molecule has 0 aliphatic heterocycles. The monoisotopic (exact) mass is 307 g/mol. The van der Waals surface area contributed by atoms with E-state index in [1.54, 1.807) is 19.2 Å². The van der Waals surface area contributed by atoms with Gasteiger partial charge in [-0.1, -0.05) is 25.8 Å². The molecule has 6 nitrogen and oxygen atoms in total. The second-order valence-corrected chi connectivity index (χ2v) is 6.38. The van der Waals surface area contributed by atoms with Crippen molar-refractivity contribution in [3.63, 3.8) is 0 Å². The summed E-state index contributed by atoms with van der Waals surface area (Å²) in [6.07, 6.45) is 3.85. The van der Waals surface area contributed by atoms with Gasteiger partial charge < -0.3 is 15.7 Å². The normalized spacial score (nSPS) is 25.0. The molecular weight excluding hydrogens is 282 g/mol. The van der Waals surface area contributed by atoms with Crippen LogP contribution in [0.1, 0.15) is 38.2 Å². The maximum absolute atomic E-state index is 11.1. The molecule has 0 saturated heterocycles. The van der Waals surface area contributed by atoms with Gasteiger partial charge in [-0.05, 0) is 24.5 Å². The molecule has 2 rings (SSSR count). The smallest absolute Gasteiger partial charge is 0.292 e. The number of nitrogens with one attached hydrogen (secondary N) is 2. The van der Waals surface area contributed by atoms with E-state index in [1.165, 1.54) is 0 Å². The maximum Gasteiger partial charge on any atom is 0.292 e. The third-order valence-corrected chi connectivity index (χ3v) is 4.67. The van der Waals surface area contributed by atoms with E-state index < -0.39 is 0 Å². The number of nitrogens with zero attached hydrogens (tertiary/aromatic N) is 1. The summed E-state index contributed by atoms with van der Waals surface area (Å²) >= 11 is 0. The fraction of sp³-hybridized carbons (Fsp3) is 0.625. The molecule has 2 atom stereocenters. The minimum absolute atomic E-state index is 0.0886. The summed E-state index contributed by atoms with van der Waals surface area (Å²) in [5, 5.41) is 27.4. The van der Waals surface area contributed by atoms with Gasteiger partial charge in [0.2, 0.25) is 0 Å². The third kappa shape index (κ3) is 3.75. The highest BCUT2D eigenvalue weighted by molar-refractivity contribution is 5.62. The minimum Gasteiger partial charge on any atom is -0.393 e. The first-order chi connectivity index (χ1) is 10.5. The average Bonchev–Trinajstić information content (AvgIpc) is 2.50. The van der Waals surface area contributed by atoms with Crippen molar-refractivity contribution in [1.82, 2.24) is 5.32 Å². The first kappa shape index (κ1) is 16.7. The van der Waals surface area contributed by atoms with Crippen LogP contribution in [0.3, 0.4) is 0 Å². The molecule has 1 aromatic rings. The van der Waals surface area contributed by atoms with Crippen molar-refractivity contribution in [2.45, 2.75) is 45.3 Å². The molecule has 0 radical (unpaired) electrons. The number of benzene rings is 1. The molecule has 2 unspecified atom stereocenters. The largest absolute Gasteiger partial charge is 0.393 e. The van der Waals surface area contributed by atoms with Crippen LogP contribution in [-0.4, -0.2) is 29.7 Å². The van der Waals surface area contributed by atoms with E-state index >= 15 is 0 Å². The van der Waals surface area contributed by atoms with Crippen LogP contribution < -0.4 is 10.6 Å². The van der Waals surface area contributed by atoms with Crippen LogP contribution in [0.25, 0.3) is 0 Å². The highest BCUT2D eigenvalue weighted by atomic mass is 16.6. The summed E-state index contributed by atoms with van der Waals surface area (Å²) < 4.78 is 0. The topological polar surface area (TPSA) is 87.4 Å². The molecule has 3 N–H and O–H groups in total. The Hall–Kier alpha value is -1.66. The predicted molar refractivity (Wildman–Crippen MR) is 86.9 cm³/mol. The molecular formula is C16H25N3O3. The zero-order valence-corrected chi connectivity index (χ0v) is 13.3. The van der Waals surface area contributed by atoms with Crippen LogP contribution in [0.15, 0.2) is 18.2 Å². The fourth-order valence-corrected chi connectivity index (χ4v) is 3.13. The van der Waals surface area contributed by atoms with Gasteiger partial charge in [-0.15, -0.1) is 0 Å². The average molecular weight is 307 g/mol. The molecule has 0 spiro atoms. The van der Waals surface area contributed by atoms with Gasteiger partial charge in [0.15, 0.2) is 0 Å². The molecule has 1 aromatic carbocycles.